The number of nitrogens with zero attached hydrogens (tertiary/aromatic N) is 1. The largest absolute Gasteiger partial charge is 0.506 e. The van der Waals surface area contributed by atoms with Crippen molar-refractivity contribution in [1.82, 2.24) is 4.98 Å². The van der Waals surface area contributed by atoms with Gasteiger partial charge in [-0.25, -0.2) is 4.98 Å². The molecule has 0 amide bonds. The van der Waals surface area contributed by atoms with Crippen molar-refractivity contribution in [3.8, 4) is 5.75 Å². The molecule has 0 aliphatic rings. The zero-order chi connectivity index (χ0) is 15.0. The fourth-order valence-corrected chi connectivity index (χ4v) is 3.23. The van der Waals surface area contributed by atoms with Gasteiger partial charge in [0, 0.05) is 11.1 Å². The first-order valence-corrected chi connectivity index (χ1v) is 7.91. The molecule has 0 fully saturated rings. The third-order valence-electron chi connectivity index (χ3n) is 2.82. The van der Waals surface area contributed by atoms with E-state index in [4.69, 9.17) is 16.0 Å². The van der Waals surface area contributed by atoms with Crippen LogP contribution in [0.5, 0.6) is 5.75 Å². The number of benzene rings is 2. The molecule has 0 spiro atoms. The number of fused-ring (bicyclic) bond motifs is 1. The Balaban J connectivity index is 1.94. The molecule has 3 nitrogen and oxygen atoms in total. The van der Waals surface area contributed by atoms with Gasteiger partial charge >= 0.3 is 0 Å². The maximum absolute atomic E-state index is 9.68. The van der Waals surface area contributed by atoms with Crippen molar-refractivity contribution in [2.45, 2.75) is 0 Å². The minimum absolute atomic E-state index is 0.170. The van der Waals surface area contributed by atoms with E-state index < -0.39 is 0 Å². The fraction of sp³-hybridized carbons (Fsp3) is 0. The molecule has 1 N–H and O–H groups in total. The first-order chi connectivity index (χ1) is 10.0. The summed E-state index contributed by atoms with van der Waals surface area (Å²) in [6.07, 6.45) is 3.61. The number of oxazole rings is 1. The zero-order valence-electron chi connectivity index (χ0n) is 10.5. The first kappa shape index (κ1) is 14.6. The predicted molar refractivity (Wildman–Crippen MR) is 91.5 cm³/mol. The van der Waals surface area contributed by atoms with Crippen molar-refractivity contribution in [2.24, 2.45) is 0 Å². The number of aromatic nitrogens is 1. The molecule has 0 saturated heterocycles. The molecule has 0 aliphatic carbocycles. The van der Waals surface area contributed by atoms with Crippen LogP contribution in [0.4, 0.5) is 0 Å². The molecule has 2 aromatic carbocycles. The highest BCUT2D eigenvalue weighted by molar-refractivity contribution is 9.11. The summed E-state index contributed by atoms with van der Waals surface area (Å²) >= 11 is 12.5. The predicted octanol–water partition coefficient (Wildman–Crippen LogP) is 5.88. The highest BCUT2D eigenvalue weighted by Gasteiger charge is 2.06. The van der Waals surface area contributed by atoms with E-state index in [9.17, 15) is 5.11 Å². The molecule has 1 aromatic heterocycles. The maximum atomic E-state index is 9.68. The Hall–Kier alpha value is -1.30. The van der Waals surface area contributed by atoms with Crippen LogP contribution < -0.4 is 0 Å². The average Bonchev–Trinajstić information content (AvgIpc) is 2.84. The second kappa shape index (κ2) is 5.83. The Morgan fingerprint density at radius 2 is 1.81 bits per heavy atom. The molecule has 0 radical (unpaired) electrons. The van der Waals surface area contributed by atoms with Crippen LogP contribution in [0.2, 0.25) is 5.02 Å². The molecule has 106 valence electrons. The number of aromatic hydroxyl groups is 1. The van der Waals surface area contributed by atoms with E-state index in [1.807, 2.05) is 6.08 Å². The van der Waals surface area contributed by atoms with Gasteiger partial charge in [0.05, 0.1) is 8.95 Å². The van der Waals surface area contributed by atoms with Crippen LogP contribution in [0.3, 0.4) is 0 Å². The summed E-state index contributed by atoms with van der Waals surface area (Å²) in [4.78, 5) is 4.34. The van der Waals surface area contributed by atoms with E-state index in [1.54, 1.807) is 36.4 Å². The standard InChI is InChI=1S/C15H8Br2ClNO2/c16-10-5-8(6-11(17)15(10)20)1-4-14-19-12-7-9(18)2-3-13(12)21-14/h1-7,20H. The third-order valence-corrected chi connectivity index (χ3v) is 4.27. The average molecular weight is 429 g/mol. The van der Waals surface area contributed by atoms with Crippen LogP contribution >= 0.6 is 43.5 Å². The summed E-state index contributed by atoms with van der Waals surface area (Å²) in [7, 11) is 0. The van der Waals surface area contributed by atoms with Crippen LogP contribution in [0.1, 0.15) is 11.5 Å². The zero-order valence-corrected chi connectivity index (χ0v) is 14.4. The van der Waals surface area contributed by atoms with E-state index in [2.05, 4.69) is 36.8 Å². The highest BCUT2D eigenvalue weighted by Crippen LogP contribution is 2.33. The van der Waals surface area contributed by atoms with Crippen molar-refractivity contribution >= 4 is 66.7 Å². The van der Waals surface area contributed by atoms with Crippen LogP contribution in [-0.2, 0) is 0 Å². The van der Waals surface area contributed by atoms with Crippen LogP contribution in [-0.4, -0.2) is 10.1 Å². The normalized spacial score (nSPS) is 11.6. The lowest BCUT2D eigenvalue weighted by Crippen LogP contribution is -1.77. The molecule has 6 heteroatoms. The van der Waals surface area contributed by atoms with Gasteiger partial charge in [0.25, 0.3) is 0 Å². The Morgan fingerprint density at radius 3 is 2.52 bits per heavy atom. The Bertz CT molecular complexity index is 835. The summed E-state index contributed by atoms with van der Waals surface area (Å²) in [5.41, 5.74) is 2.30. The molecule has 0 atom stereocenters. The second-order valence-electron chi connectivity index (χ2n) is 4.33. The third kappa shape index (κ3) is 3.15. The molecular weight excluding hydrogens is 421 g/mol. The van der Waals surface area contributed by atoms with E-state index in [1.165, 1.54) is 0 Å². The number of phenolic OH excluding ortho intramolecular Hbond substituents is 1. The van der Waals surface area contributed by atoms with Gasteiger partial charge in [-0.15, -0.1) is 0 Å². The van der Waals surface area contributed by atoms with Gasteiger partial charge in [-0.1, -0.05) is 11.6 Å². The number of rotatable bonds is 2. The van der Waals surface area contributed by atoms with Crippen LogP contribution in [0, 0.1) is 0 Å². The van der Waals surface area contributed by atoms with Crippen molar-refractivity contribution in [1.29, 1.82) is 0 Å². The molecule has 0 bridgehead atoms. The van der Waals surface area contributed by atoms with Gasteiger partial charge in [-0.3, -0.25) is 0 Å². The lowest BCUT2D eigenvalue weighted by molar-refractivity contribution is 0.468. The molecule has 0 aliphatic heterocycles. The maximum Gasteiger partial charge on any atom is 0.220 e. The van der Waals surface area contributed by atoms with E-state index >= 15 is 0 Å². The lowest BCUT2D eigenvalue weighted by Gasteiger charge is -2.01. The van der Waals surface area contributed by atoms with Gasteiger partial charge in [0.15, 0.2) is 5.58 Å². The quantitative estimate of drug-likeness (QED) is 0.553. The lowest BCUT2D eigenvalue weighted by atomic mass is 10.2. The van der Waals surface area contributed by atoms with Gasteiger partial charge in [-0.2, -0.15) is 0 Å². The summed E-state index contributed by atoms with van der Waals surface area (Å²) in [5, 5.41) is 10.3. The number of hydrogen-bond acceptors (Lipinski definition) is 3. The molecule has 3 aromatic rings. The molecule has 0 saturated carbocycles. The van der Waals surface area contributed by atoms with Crippen molar-refractivity contribution in [3.05, 3.63) is 55.8 Å². The molecule has 3 rings (SSSR count). The monoisotopic (exact) mass is 427 g/mol. The second-order valence-corrected chi connectivity index (χ2v) is 6.48. The van der Waals surface area contributed by atoms with E-state index in [-0.39, 0.29) is 5.75 Å². The molecule has 0 unspecified atom stereocenters. The van der Waals surface area contributed by atoms with Crippen molar-refractivity contribution in [2.75, 3.05) is 0 Å². The topological polar surface area (TPSA) is 46.3 Å². The Morgan fingerprint density at radius 1 is 1.10 bits per heavy atom. The smallest absolute Gasteiger partial charge is 0.220 e. The van der Waals surface area contributed by atoms with Gasteiger partial charge in [-0.05, 0) is 73.8 Å². The van der Waals surface area contributed by atoms with Gasteiger partial charge in [0.1, 0.15) is 11.3 Å². The number of hydrogen-bond donors (Lipinski definition) is 1. The summed E-state index contributed by atoms with van der Waals surface area (Å²) in [6.45, 7) is 0. The minimum atomic E-state index is 0.170. The molecule has 21 heavy (non-hydrogen) atoms. The van der Waals surface area contributed by atoms with E-state index in [0.29, 0.717) is 25.4 Å². The highest BCUT2D eigenvalue weighted by atomic mass is 79.9. The van der Waals surface area contributed by atoms with E-state index in [0.717, 1.165) is 11.1 Å². The number of phenols is 1. The van der Waals surface area contributed by atoms with Crippen LogP contribution in [0.25, 0.3) is 23.3 Å². The Labute approximate surface area is 142 Å². The van der Waals surface area contributed by atoms with Crippen molar-refractivity contribution in [3.63, 3.8) is 0 Å². The van der Waals surface area contributed by atoms with Crippen LogP contribution in [0.15, 0.2) is 43.7 Å². The summed E-state index contributed by atoms with van der Waals surface area (Å²) in [5.74, 6) is 0.663. The van der Waals surface area contributed by atoms with Gasteiger partial charge < -0.3 is 9.52 Å². The first-order valence-electron chi connectivity index (χ1n) is 5.95. The van der Waals surface area contributed by atoms with Crippen molar-refractivity contribution < 1.29 is 9.52 Å². The number of halogens is 3. The van der Waals surface area contributed by atoms with Gasteiger partial charge in [0.2, 0.25) is 5.89 Å². The summed E-state index contributed by atoms with van der Waals surface area (Å²) < 4.78 is 6.82. The SMILES string of the molecule is Oc1c(Br)cc(C=Cc2nc3cc(Cl)ccc3o2)cc1Br. The molecular formula is C15H8Br2ClNO2. The summed E-state index contributed by atoms with van der Waals surface area (Å²) in [6, 6.07) is 8.91. The Kier molecular flexibility index (Phi) is 4.06. The molecule has 1 heterocycles. The minimum Gasteiger partial charge on any atom is -0.506 e. The fourth-order valence-electron chi connectivity index (χ4n) is 1.84.